The number of hydrogen-bond acceptors (Lipinski definition) is 5. The van der Waals surface area contributed by atoms with Gasteiger partial charge in [0.05, 0.1) is 12.2 Å². The van der Waals surface area contributed by atoms with Crippen LogP contribution in [0.2, 0.25) is 0 Å². The average Bonchev–Trinajstić information content (AvgIpc) is 2.86. The molecule has 2 aromatic rings. The molecule has 0 bridgehead atoms. The SMILES string of the molecule is CC(C)c1nnc(NCc2ccn[nH]2)o1. The molecule has 0 aliphatic carbocycles. The summed E-state index contributed by atoms with van der Waals surface area (Å²) < 4.78 is 5.38. The highest BCUT2D eigenvalue weighted by atomic mass is 16.4. The van der Waals surface area contributed by atoms with E-state index in [2.05, 4.69) is 25.7 Å². The van der Waals surface area contributed by atoms with Gasteiger partial charge in [0.25, 0.3) is 0 Å². The normalized spacial score (nSPS) is 10.9. The van der Waals surface area contributed by atoms with Crippen molar-refractivity contribution in [2.24, 2.45) is 0 Å². The van der Waals surface area contributed by atoms with Gasteiger partial charge < -0.3 is 9.73 Å². The monoisotopic (exact) mass is 207 g/mol. The van der Waals surface area contributed by atoms with Gasteiger partial charge in [-0.05, 0) is 6.07 Å². The summed E-state index contributed by atoms with van der Waals surface area (Å²) in [6.45, 7) is 4.61. The smallest absolute Gasteiger partial charge is 0.315 e. The summed E-state index contributed by atoms with van der Waals surface area (Å²) >= 11 is 0. The molecule has 0 aliphatic rings. The van der Waals surface area contributed by atoms with Crippen LogP contribution in [0, 0.1) is 0 Å². The van der Waals surface area contributed by atoms with Crippen molar-refractivity contribution in [1.82, 2.24) is 20.4 Å². The number of aromatic amines is 1. The van der Waals surface area contributed by atoms with Crippen molar-refractivity contribution in [1.29, 1.82) is 0 Å². The van der Waals surface area contributed by atoms with E-state index in [9.17, 15) is 0 Å². The van der Waals surface area contributed by atoms with Crippen LogP contribution in [-0.2, 0) is 6.54 Å². The van der Waals surface area contributed by atoms with Crippen molar-refractivity contribution in [3.8, 4) is 0 Å². The van der Waals surface area contributed by atoms with E-state index >= 15 is 0 Å². The third-order valence-corrected chi connectivity index (χ3v) is 1.92. The van der Waals surface area contributed by atoms with E-state index in [1.54, 1.807) is 6.20 Å². The Labute approximate surface area is 87.1 Å². The number of rotatable bonds is 4. The molecule has 0 aliphatic heterocycles. The fraction of sp³-hybridized carbons (Fsp3) is 0.444. The minimum absolute atomic E-state index is 0.250. The van der Waals surface area contributed by atoms with Gasteiger partial charge in [0.15, 0.2) is 0 Å². The fourth-order valence-electron chi connectivity index (χ4n) is 1.09. The highest BCUT2D eigenvalue weighted by Gasteiger charge is 2.08. The van der Waals surface area contributed by atoms with Crippen molar-refractivity contribution < 1.29 is 4.42 Å². The number of H-pyrrole nitrogens is 1. The quantitative estimate of drug-likeness (QED) is 0.794. The molecule has 0 amide bonds. The van der Waals surface area contributed by atoms with E-state index in [-0.39, 0.29) is 5.92 Å². The molecule has 0 unspecified atom stereocenters. The molecule has 2 N–H and O–H groups in total. The minimum atomic E-state index is 0.250. The van der Waals surface area contributed by atoms with E-state index in [0.29, 0.717) is 18.5 Å². The van der Waals surface area contributed by atoms with E-state index in [4.69, 9.17) is 4.42 Å². The standard InChI is InChI=1S/C9H13N5O/c1-6(2)8-13-14-9(15-8)10-5-7-3-4-11-12-7/h3-4,6H,5H2,1-2H3,(H,10,14)(H,11,12). The van der Waals surface area contributed by atoms with Crippen molar-refractivity contribution in [3.63, 3.8) is 0 Å². The predicted octanol–water partition coefficient (Wildman–Crippen LogP) is 1.53. The molecular formula is C9H13N5O. The zero-order valence-electron chi connectivity index (χ0n) is 8.69. The van der Waals surface area contributed by atoms with E-state index in [1.165, 1.54) is 0 Å². The zero-order chi connectivity index (χ0) is 10.7. The van der Waals surface area contributed by atoms with Gasteiger partial charge in [-0.2, -0.15) is 5.10 Å². The number of aromatic nitrogens is 4. The summed E-state index contributed by atoms with van der Waals surface area (Å²) in [6.07, 6.45) is 1.70. The van der Waals surface area contributed by atoms with Crippen LogP contribution in [0.15, 0.2) is 16.7 Å². The third kappa shape index (κ3) is 2.34. The highest BCUT2D eigenvalue weighted by molar-refractivity contribution is 5.19. The van der Waals surface area contributed by atoms with Crippen LogP contribution in [-0.4, -0.2) is 20.4 Å². The Hall–Kier alpha value is -1.85. The molecule has 0 saturated heterocycles. The second-order valence-corrected chi connectivity index (χ2v) is 3.54. The van der Waals surface area contributed by atoms with Crippen LogP contribution < -0.4 is 5.32 Å². The van der Waals surface area contributed by atoms with Gasteiger partial charge >= 0.3 is 6.01 Å². The second-order valence-electron chi connectivity index (χ2n) is 3.54. The Balaban J connectivity index is 1.94. The summed E-state index contributed by atoms with van der Waals surface area (Å²) in [6, 6.07) is 2.32. The van der Waals surface area contributed by atoms with Crippen molar-refractivity contribution >= 4 is 6.01 Å². The van der Waals surface area contributed by atoms with Crippen molar-refractivity contribution in [3.05, 3.63) is 23.8 Å². The van der Waals surface area contributed by atoms with Crippen LogP contribution >= 0.6 is 0 Å². The zero-order valence-corrected chi connectivity index (χ0v) is 8.69. The van der Waals surface area contributed by atoms with E-state index < -0.39 is 0 Å². The molecule has 6 heteroatoms. The summed E-state index contributed by atoms with van der Waals surface area (Å²) in [4.78, 5) is 0. The summed E-state index contributed by atoms with van der Waals surface area (Å²) in [7, 11) is 0. The minimum Gasteiger partial charge on any atom is -0.408 e. The second kappa shape index (κ2) is 4.12. The molecule has 0 atom stereocenters. The molecule has 0 saturated carbocycles. The molecule has 2 rings (SSSR count). The maximum atomic E-state index is 5.38. The highest BCUT2D eigenvalue weighted by Crippen LogP contribution is 2.14. The maximum absolute atomic E-state index is 5.38. The molecular weight excluding hydrogens is 194 g/mol. The largest absolute Gasteiger partial charge is 0.408 e. The first-order chi connectivity index (χ1) is 7.25. The van der Waals surface area contributed by atoms with Crippen LogP contribution in [0.3, 0.4) is 0 Å². The number of nitrogens with one attached hydrogen (secondary N) is 2. The Morgan fingerprint density at radius 1 is 1.47 bits per heavy atom. The van der Waals surface area contributed by atoms with Gasteiger partial charge in [-0.25, -0.2) is 0 Å². The van der Waals surface area contributed by atoms with E-state index in [1.807, 2.05) is 19.9 Å². The van der Waals surface area contributed by atoms with Gasteiger partial charge in [0.1, 0.15) is 0 Å². The van der Waals surface area contributed by atoms with Crippen LogP contribution in [0.4, 0.5) is 6.01 Å². The Kier molecular flexibility index (Phi) is 2.66. The van der Waals surface area contributed by atoms with Gasteiger partial charge in [-0.1, -0.05) is 18.9 Å². The van der Waals surface area contributed by atoms with Gasteiger partial charge in [0, 0.05) is 12.1 Å². The third-order valence-electron chi connectivity index (χ3n) is 1.92. The Bertz CT molecular complexity index is 406. The molecule has 0 fully saturated rings. The van der Waals surface area contributed by atoms with E-state index in [0.717, 1.165) is 5.69 Å². The first-order valence-corrected chi connectivity index (χ1v) is 4.81. The maximum Gasteiger partial charge on any atom is 0.315 e. The Morgan fingerprint density at radius 3 is 2.93 bits per heavy atom. The lowest BCUT2D eigenvalue weighted by Crippen LogP contribution is -1.99. The average molecular weight is 207 g/mol. The lowest BCUT2D eigenvalue weighted by molar-refractivity contribution is 0.480. The molecule has 6 nitrogen and oxygen atoms in total. The lowest BCUT2D eigenvalue weighted by atomic mass is 10.2. The molecule has 0 aromatic carbocycles. The Morgan fingerprint density at radius 2 is 2.33 bits per heavy atom. The summed E-state index contributed by atoms with van der Waals surface area (Å²) in [5.41, 5.74) is 0.972. The van der Waals surface area contributed by atoms with Crippen LogP contribution in [0.25, 0.3) is 0 Å². The molecule has 0 spiro atoms. The molecule has 0 radical (unpaired) electrons. The lowest BCUT2D eigenvalue weighted by Gasteiger charge is -1.98. The van der Waals surface area contributed by atoms with Gasteiger partial charge in [-0.15, -0.1) is 5.10 Å². The van der Waals surface area contributed by atoms with Gasteiger partial charge in [0.2, 0.25) is 5.89 Å². The first kappa shape index (κ1) is 9.70. The molecule has 80 valence electrons. The number of anilines is 1. The molecule has 15 heavy (non-hydrogen) atoms. The summed E-state index contributed by atoms with van der Waals surface area (Å²) in [5, 5.41) is 17.5. The van der Waals surface area contributed by atoms with Gasteiger partial charge in [-0.3, -0.25) is 5.10 Å². The van der Waals surface area contributed by atoms with Crippen molar-refractivity contribution in [2.75, 3.05) is 5.32 Å². The number of nitrogens with zero attached hydrogens (tertiary/aromatic N) is 3. The van der Waals surface area contributed by atoms with Crippen molar-refractivity contribution in [2.45, 2.75) is 26.3 Å². The number of hydrogen-bond donors (Lipinski definition) is 2. The van der Waals surface area contributed by atoms with Crippen LogP contribution in [0.5, 0.6) is 0 Å². The fourth-order valence-corrected chi connectivity index (χ4v) is 1.09. The first-order valence-electron chi connectivity index (χ1n) is 4.81. The summed E-state index contributed by atoms with van der Waals surface area (Å²) in [5.74, 6) is 0.891. The van der Waals surface area contributed by atoms with Crippen LogP contribution in [0.1, 0.15) is 31.4 Å². The molecule has 2 aromatic heterocycles. The topological polar surface area (TPSA) is 79.6 Å². The molecule has 2 heterocycles. The predicted molar refractivity (Wildman–Crippen MR) is 54.3 cm³/mol.